The molecule has 3 rings (SSSR count). The van der Waals surface area contributed by atoms with E-state index in [9.17, 15) is 13.2 Å². The fourth-order valence-electron chi connectivity index (χ4n) is 2.34. The third-order valence-corrected chi connectivity index (χ3v) is 3.73. The standard InChI is InChI=1S/C14H12N4O3S/c15-22(20,21)18-10-5-3-4-9(8-10)13-11-6-1-2-7-12(11)14(19)17-16-13/h1-8,13,18H,(H2,15,20,21). The summed E-state index contributed by atoms with van der Waals surface area (Å²) in [4.78, 5) is 11.7. The molecule has 112 valence electrons. The van der Waals surface area contributed by atoms with Crippen LogP contribution in [0.1, 0.15) is 27.5 Å². The Balaban J connectivity index is 2.03. The molecule has 1 aliphatic heterocycles. The average molecular weight is 316 g/mol. The summed E-state index contributed by atoms with van der Waals surface area (Å²) in [5, 5.41) is 12.6. The van der Waals surface area contributed by atoms with Gasteiger partial charge < -0.3 is 0 Å². The zero-order valence-corrected chi connectivity index (χ0v) is 12.1. The zero-order valence-electron chi connectivity index (χ0n) is 11.3. The van der Waals surface area contributed by atoms with Crippen molar-refractivity contribution in [2.24, 2.45) is 15.4 Å². The smallest absolute Gasteiger partial charge is 0.271 e. The number of fused-ring (bicyclic) bond motifs is 1. The number of amides is 1. The summed E-state index contributed by atoms with van der Waals surface area (Å²) in [6.07, 6.45) is 0. The van der Waals surface area contributed by atoms with Crippen molar-refractivity contribution >= 4 is 21.8 Å². The predicted molar refractivity (Wildman–Crippen MR) is 80.6 cm³/mol. The molecule has 22 heavy (non-hydrogen) atoms. The molecule has 1 atom stereocenters. The molecule has 1 aliphatic rings. The summed E-state index contributed by atoms with van der Waals surface area (Å²) in [5.74, 6) is -0.384. The van der Waals surface area contributed by atoms with E-state index >= 15 is 0 Å². The van der Waals surface area contributed by atoms with E-state index in [1.54, 1.807) is 42.5 Å². The van der Waals surface area contributed by atoms with Crippen molar-refractivity contribution in [2.75, 3.05) is 4.72 Å². The van der Waals surface area contributed by atoms with E-state index in [0.29, 0.717) is 16.8 Å². The van der Waals surface area contributed by atoms with Gasteiger partial charge in [-0.2, -0.15) is 13.5 Å². The molecular weight excluding hydrogens is 304 g/mol. The number of benzene rings is 2. The predicted octanol–water partition coefficient (Wildman–Crippen LogP) is 2.00. The second-order valence-electron chi connectivity index (χ2n) is 4.78. The van der Waals surface area contributed by atoms with E-state index in [0.717, 1.165) is 5.56 Å². The van der Waals surface area contributed by atoms with Crippen LogP contribution in [0.15, 0.2) is 58.8 Å². The van der Waals surface area contributed by atoms with E-state index in [1.807, 2.05) is 6.07 Å². The van der Waals surface area contributed by atoms with Crippen molar-refractivity contribution in [3.05, 3.63) is 65.2 Å². The number of nitrogens with zero attached hydrogens (tertiary/aromatic N) is 2. The van der Waals surface area contributed by atoms with Crippen molar-refractivity contribution in [1.82, 2.24) is 0 Å². The third-order valence-electron chi connectivity index (χ3n) is 3.21. The molecule has 0 spiro atoms. The Morgan fingerprint density at radius 1 is 1.09 bits per heavy atom. The summed E-state index contributed by atoms with van der Waals surface area (Å²) < 4.78 is 24.4. The number of rotatable bonds is 3. The lowest BCUT2D eigenvalue weighted by molar-refractivity contribution is 0.0986. The third kappa shape index (κ3) is 2.87. The van der Waals surface area contributed by atoms with Gasteiger partial charge in [-0.1, -0.05) is 30.3 Å². The highest BCUT2D eigenvalue weighted by atomic mass is 32.2. The normalized spacial score (nSPS) is 17.1. The second kappa shape index (κ2) is 5.32. The Labute approximate surface area is 127 Å². The van der Waals surface area contributed by atoms with Crippen molar-refractivity contribution in [2.45, 2.75) is 6.04 Å². The fraction of sp³-hybridized carbons (Fsp3) is 0.0714. The van der Waals surface area contributed by atoms with Gasteiger partial charge >= 0.3 is 0 Å². The van der Waals surface area contributed by atoms with Crippen LogP contribution in [0.5, 0.6) is 0 Å². The minimum Gasteiger partial charge on any atom is -0.271 e. The van der Waals surface area contributed by atoms with Crippen molar-refractivity contribution in [3.8, 4) is 0 Å². The van der Waals surface area contributed by atoms with Crippen LogP contribution in [0.25, 0.3) is 0 Å². The molecule has 2 aromatic carbocycles. The first kappa shape index (κ1) is 14.4. The highest BCUT2D eigenvalue weighted by molar-refractivity contribution is 7.90. The second-order valence-corrected chi connectivity index (χ2v) is 6.08. The summed E-state index contributed by atoms with van der Waals surface area (Å²) in [7, 11) is -3.85. The van der Waals surface area contributed by atoms with Gasteiger partial charge in [-0.25, -0.2) is 5.14 Å². The molecule has 3 N–H and O–H groups in total. The summed E-state index contributed by atoms with van der Waals surface area (Å²) >= 11 is 0. The highest BCUT2D eigenvalue weighted by Gasteiger charge is 2.24. The molecule has 0 aromatic heterocycles. The molecule has 0 bridgehead atoms. The Bertz CT molecular complexity index is 877. The van der Waals surface area contributed by atoms with Gasteiger partial charge in [-0.15, -0.1) is 5.11 Å². The van der Waals surface area contributed by atoms with Crippen molar-refractivity contribution < 1.29 is 13.2 Å². The first-order valence-corrected chi connectivity index (χ1v) is 7.93. The van der Waals surface area contributed by atoms with Gasteiger partial charge in [0, 0.05) is 5.56 Å². The van der Waals surface area contributed by atoms with Crippen LogP contribution >= 0.6 is 0 Å². The lowest BCUT2D eigenvalue weighted by Gasteiger charge is -2.19. The van der Waals surface area contributed by atoms with Crippen LogP contribution in [-0.2, 0) is 10.2 Å². The van der Waals surface area contributed by atoms with Crippen LogP contribution in [0.3, 0.4) is 0 Å². The lowest BCUT2D eigenvalue weighted by atomic mass is 9.93. The highest BCUT2D eigenvalue weighted by Crippen LogP contribution is 2.33. The Morgan fingerprint density at radius 3 is 2.64 bits per heavy atom. The first-order valence-electron chi connectivity index (χ1n) is 6.39. The fourth-order valence-corrected chi connectivity index (χ4v) is 2.79. The van der Waals surface area contributed by atoms with Crippen LogP contribution in [0, 0.1) is 0 Å². The topological polar surface area (TPSA) is 114 Å². The van der Waals surface area contributed by atoms with Crippen LogP contribution < -0.4 is 9.86 Å². The zero-order chi connectivity index (χ0) is 15.7. The van der Waals surface area contributed by atoms with Crippen LogP contribution in [-0.4, -0.2) is 14.3 Å². The largest absolute Gasteiger partial charge is 0.296 e. The van der Waals surface area contributed by atoms with E-state index < -0.39 is 16.3 Å². The lowest BCUT2D eigenvalue weighted by Crippen LogP contribution is -2.21. The molecule has 1 amide bonds. The molecule has 1 unspecified atom stereocenters. The Morgan fingerprint density at radius 2 is 1.86 bits per heavy atom. The monoisotopic (exact) mass is 316 g/mol. The van der Waals surface area contributed by atoms with Gasteiger partial charge in [0.15, 0.2) is 0 Å². The number of carbonyl (C=O) groups is 1. The maximum absolute atomic E-state index is 11.7. The molecule has 8 heteroatoms. The van der Waals surface area contributed by atoms with E-state index in [1.165, 1.54) is 0 Å². The van der Waals surface area contributed by atoms with Gasteiger partial charge in [-0.05, 0) is 29.3 Å². The quantitative estimate of drug-likeness (QED) is 0.902. The maximum atomic E-state index is 11.7. The summed E-state index contributed by atoms with van der Waals surface area (Å²) in [6.45, 7) is 0. The molecule has 0 saturated carbocycles. The van der Waals surface area contributed by atoms with Crippen molar-refractivity contribution in [3.63, 3.8) is 0 Å². The SMILES string of the molecule is NS(=O)(=O)Nc1cccc(C2N=NC(=O)c3ccccc32)c1. The summed E-state index contributed by atoms with van der Waals surface area (Å²) in [6, 6.07) is 13.2. The number of azo groups is 1. The van der Waals surface area contributed by atoms with Gasteiger partial charge in [0.2, 0.25) is 0 Å². The van der Waals surface area contributed by atoms with Crippen molar-refractivity contribution in [1.29, 1.82) is 0 Å². The molecule has 2 aromatic rings. The number of hydrogen-bond donors (Lipinski definition) is 2. The average Bonchev–Trinajstić information content (AvgIpc) is 2.46. The number of anilines is 1. The number of nitrogens with one attached hydrogen (secondary N) is 1. The van der Waals surface area contributed by atoms with Crippen LogP contribution in [0.4, 0.5) is 5.69 Å². The molecule has 0 aliphatic carbocycles. The number of nitrogens with two attached hydrogens (primary N) is 1. The Kier molecular flexibility index (Phi) is 3.47. The van der Waals surface area contributed by atoms with Crippen LogP contribution in [0.2, 0.25) is 0 Å². The summed E-state index contributed by atoms with van der Waals surface area (Å²) in [5.41, 5.74) is 2.25. The van der Waals surface area contributed by atoms with Gasteiger partial charge in [-0.3, -0.25) is 9.52 Å². The van der Waals surface area contributed by atoms with E-state index in [4.69, 9.17) is 5.14 Å². The maximum Gasteiger partial charge on any atom is 0.296 e. The molecule has 7 nitrogen and oxygen atoms in total. The molecular formula is C14H12N4O3S. The minimum absolute atomic E-state index is 0.324. The minimum atomic E-state index is -3.85. The molecule has 0 fully saturated rings. The van der Waals surface area contributed by atoms with E-state index in [-0.39, 0.29) is 5.91 Å². The first-order chi connectivity index (χ1) is 10.4. The van der Waals surface area contributed by atoms with Gasteiger partial charge in [0.25, 0.3) is 16.1 Å². The molecule has 1 heterocycles. The number of hydrogen-bond acceptors (Lipinski definition) is 4. The van der Waals surface area contributed by atoms with Gasteiger partial charge in [0.1, 0.15) is 6.04 Å². The van der Waals surface area contributed by atoms with Gasteiger partial charge in [0.05, 0.1) is 5.69 Å². The number of carbonyl (C=O) groups excluding carboxylic acids is 1. The van der Waals surface area contributed by atoms with E-state index in [2.05, 4.69) is 15.0 Å². The Hall–Kier alpha value is -2.58. The molecule has 0 radical (unpaired) electrons. The molecule has 0 saturated heterocycles.